The van der Waals surface area contributed by atoms with Crippen molar-refractivity contribution in [3.05, 3.63) is 35.4 Å². The Morgan fingerprint density at radius 2 is 1.86 bits per heavy atom. The van der Waals surface area contributed by atoms with Crippen molar-refractivity contribution in [1.29, 1.82) is 0 Å². The molecule has 0 aliphatic carbocycles. The van der Waals surface area contributed by atoms with Crippen LogP contribution in [0.3, 0.4) is 0 Å². The summed E-state index contributed by atoms with van der Waals surface area (Å²) in [4.78, 5) is 7.20. The van der Waals surface area contributed by atoms with Gasteiger partial charge in [0.1, 0.15) is 0 Å². The van der Waals surface area contributed by atoms with E-state index < -0.39 is 0 Å². The average molecular weight is 504 g/mol. The van der Waals surface area contributed by atoms with Crippen LogP contribution in [0, 0.1) is 6.92 Å². The molecule has 2 rings (SSSR count). The van der Waals surface area contributed by atoms with Crippen LogP contribution in [0.1, 0.15) is 37.9 Å². The molecule has 0 bridgehead atoms. The van der Waals surface area contributed by atoms with Crippen molar-refractivity contribution in [2.45, 2.75) is 39.3 Å². The Kier molecular flexibility index (Phi) is 11.3. The van der Waals surface area contributed by atoms with Gasteiger partial charge in [0.2, 0.25) is 0 Å². The molecule has 1 saturated heterocycles. The number of ether oxygens (including phenoxy) is 2. The van der Waals surface area contributed by atoms with E-state index in [4.69, 9.17) is 14.5 Å². The lowest BCUT2D eigenvalue weighted by atomic mass is 10.0. The van der Waals surface area contributed by atoms with Crippen molar-refractivity contribution in [3.8, 4) is 0 Å². The number of guanidine groups is 1. The Bertz CT molecular complexity index is 587. The number of benzene rings is 1. The summed E-state index contributed by atoms with van der Waals surface area (Å²) in [5, 5.41) is 6.87. The lowest BCUT2D eigenvalue weighted by Crippen LogP contribution is -2.46. The molecule has 1 heterocycles. The van der Waals surface area contributed by atoms with Crippen LogP contribution in [-0.4, -0.2) is 69.5 Å². The van der Waals surface area contributed by atoms with Crippen LogP contribution in [0.4, 0.5) is 0 Å². The van der Waals surface area contributed by atoms with Crippen molar-refractivity contribution in [3.63, 3.8) is 0 Å². The van der Waals surface area contributed by atoms with E-state index in [-0.39, 0.29) is 35.6 Å². The fourth-order valence-electron chi connectivity index (χ4n) is 3.00. The highest BCUT2D eigenvalue weighted by atomic mass is 127. The molecule has 1 aliphatic rings. The normalized spacial score (nSPS) is 17.0. The van der Waals surface area contributed by atoms with Crippen LogP contribution in [0.2, 0.25) is 0 Å². The molecular formula is C21H37IN4O2. The molecule has 1 aliphatic heterocycles. The molecule has 0 saturated carbocycles. The first-order valence-electron chi connectivity index (χ1n) is 9.91. The zero-order valence-electron chi connectivity index (χ0n) is 18.0. The van der Waals surface area contributed by atoms with Gasteiger partial charge < -0.3 is 20.1 Å². The third-order valence-corrected chi connectivity index (χ3v) is 4.93. The number of aliphatic imine (C=N–C) groups is 1. The quantitative estimate of drug-likeness (QED) is 0.324. The third-order valence-electron chi connectivity index (χ3n) is 4.93. The second-order valence-electron chi connectivity index (χ2n) is 7.61. The fourth-order valence-corrected chi connectivity index (χ4v) is 3.00. The van der Waals surface area contributed by atoms with E-state index in [1.807, 2.05) is 13.8 Å². The molecule has 1 aromatic carbocycles. The van der Waals surface area contributed by atoms with Crippen molar-refractivity contribution in [1.82, 2.24) is 15.5 Å². The van der Waals surface area contributed by atoms with E-state index in [0.717, 1.165) is 45.4 Å². The Labute approximate surface area is 187 Å². The van der Waals surface area contributed by atoms with Crippen LogP contribution in [-0.2, 0) is 9.47 Å². The predicted molar refractivity (Wildman–Crippen MR) is 127 cm³/mol. The summed E-state index contributed by atoms with van der Waals surface area (Å²) in [5.41, 5.74) is 2.33. The van der Waals surface area contributed by atoms with Gasteiger partial charge in [-0.1, -0.05) is 29.8 Å². The minimum atomic E-state index is -0.275. The first kappa shape index (κ1) is 25.1. The smallest absolute Gasteiger partial charge is 0.191 e. The lowest BCUT2D eigenvalue weighted by molar-refractivity contribution is 0.0169. The van der Waals surface area contributed by atoms with Gasteiger partial charge in [-0.3, -0.25) is 9.89 Å². The first-order valence-corrected chi connectivity index (χ1v) is 9.91. The van der Waals surface area contributed by atoms with Crippen LogP contribution >= 0.6 is 24.0 Å². The number of nitrogens with zero attached hydrogens (tertiary/aromatic N) is 2. The molecule has 6 nitrogen and oxygen atoms in total. The number of hydrogen-bond acceptors (Lipinski definition) is 4. The second kappa shape index (κ2) is 12.6. The summed E-state index contributed by atoms with van der Waals surface area (Å²) in [6.07, 6.45) is 0. The monoisotopic (exact) mass is 504 g/mol. The number of morpholine rings is 1. The largest absolute Gasteiger partial charge is 0.379 e. The maximum Gasteiger partial charge on any atom is 0.191 e. The van der Waals surface area contributed by atoms with Gasteiger partial charge in [0, 0.05) is 33.3 Å². The van der Waals surface area contributed by atoms with Crippen molar-refractivity contribution in [2.24, 2.45) is 4.99 Å². The van der Waals surface area contributed by atoms with E-state index >= 15 is 0 Å². The highest BCUT2D eigenvalue weighted by molar-refractivity contribution is 14.0. The van der Waals surface area contributed by atoms with E-state index in [1.165, 1.54) is 11.1 Å². The summed E-state index contributed by atoms with van der Waals surface area (Å²) in [7, 11) is 1.72. The molecule has 0 amide bonds. The van der Waals surface area contributed by atoms with Gasteiger partial charge in [-0.25, -0.2) is 0 Å². The van der Waals surface area contributed by atoms with Crippen molar-refractivity contribution in [2.75, 3.05) is 53.0 Å². The lowest BCUT2D eigenvalue weighted by Gasteiger charge is -2.35. The summed E-state index contributed by atoms with van der Waals surface area (Å²) in [6.45, 7) is 14.0. The van der Waals surface area contributed by atoms with Gasteiger partial charge in [-0.2, -0.15) is 0 Å². The molecule has 0 radical (unpaired) electrons. The van der Waals surface area contributed by atoms with E-state index in [1.54, 1.807) is 7.11 Å². The molecule has 2 N–H and O–H groups in total. The Morgan fingerprint density at radius 3 is 2.43 bits per heavy atom. The van der Waals surface area contributed by atoms with E-state index in [9.17, 15) is 0 Å². The number of hydrogen-bond donors (Lipinski definition) is 2. The number of rotatable bonds is 8. The van der Waals surface area contributed by atoms with Gasteiger partial charge in [-0.05, 0) is 33.3 Å². The van der Waals surface area contributed by atoms with Crippen molar-refractivity contribution >= 4 is 29.9 Å². The minimum Gasteiger partial charge on any atom is -0.379 e. The Hall–Kier alpha value is -0.900. The average Bonchev–Trinajstić information content (AvgIpc) is 2.68. The summed E-state index contributed by atoms with van der Waals surface area (Å²) < 4.78 is 11.0. The van der Waals surface area contributed by atoms with Crippen LogP contribution in [0.15, 0.2) is 29.3 Å². The number of aryl methyl sites for hydroxylation is 1. The molecule has 1 atom stereocenters. The first-order chi connectivity index (χ1) is 12.9. The molecule has 1 fully saturated rings. The zero-order valence-corrected chi connectivity index (χ0v) is 20.3. The third kappa shape index (κ3) is 8.23. The molecule has 7 heteroatoms. The maximum absolute atomic E-state index is 5.55. The van der Waals surface area contributed by atoms with Crippen LogP contribution in [0.25, 0.3) is 0 Å². The van der Waals surface area contributed by atoms with E-state index in [0.29, 0.717) is 6.54 Å². The zero-order chi connectivity index (χ0) is 19.7. The van der Waals surface area contributed by atoms with Crippen molar-refractivity contribution < 1.29 is 9.47 Å². The minimum absolute atomic E-state index is 0. The van der Waals surface area contributed by atoms with Crippen LogP contribution in [0.5, 0.6) is 0 Å². The molecular weight excluding hydrogens is 467 g/mol. The molecule has 28 heavy (non-hydrogen) atoms. The van der Waals surface area contributed by atoms with E-state index in [2.05, 4.69) is 53.6 Å². The number of methoxy groups -OCH3 is 1. The summed E-state index contributed by atoms with van der Waals surface area (Å²) in [5.74, 6) is 0.827. The Balaban J connectivity index is 0.00000392. The fraction of sp³-hybridized carbons (Fsp3) is 0.667. The molecule has 0 spiro atoms. The highest BCUT2D eigenvalue weighted by Gasteiger charge is 2.23. The molecule has 0 aromatic heterocycles. The topological polar surface area (TPSA) is 58.1 Å². The number of halogens is 1. The van der Waals surface area contributed by atoms with Gasteiger partial charge in [-0.15, -0.1) is 24.0 Å². The van der Waals surface area contributed by atoms with Gasteiger partial charge in [0.15, 0.2) is 5.96 Å². The van der Waals surface area contributed by atoms with Gasteiger partial charge >= 0.3 is 0 Å². The summed E-state index contributed by atoms with van der Waals surface area (Å²) in [6, 6.07) is 9.12. The molecule has 160 valence electrons. The SMILES string of the molecule is CCNC(=NCC(C)(C)OC)NCC(c1ccc(C)cc1)N1CCOCC1.I. The Morgan fingerprint density at radius 1 is 1.21 bits per heavy atom. The van der Waals surface area contributed by atoms with Crippen LogP contribution < -0.4 is 10.6 Å². The number of nitrogens with one attached hydrogen (secondary N) is 2. The van der Waals surface area contributed by atoms with Gasteiger partial charge in [0.25, 0.3) is 0 Å². The second-order valence-corrected chi connectivity index (χ2v) is 7.61. The molecule has 1 aromatic rings. The highest BCUT2D eigenvalue weighted by Crippen LogP contribution is 2.21. The standard InChI is InChI=1S/C21H36N4O2.HI/c1-6-22-20(24-16-21(3,4)26-5)23-15-19(25-11-13-27-14-12-25)18-9-7-17(2)8-10-18;/h7-10,19H,6,11-16H2,1-5H3,(H2,22,23,24);1H. The maximum atomic E-state index is 5.55. The summed E-state index contributed by atoms with van der Waals surface area (Å²) >= 11 is 0. The predicted octanol–water partition coefficient (Wildman–Crippen LogP) is 2.97. The molecule has 1 unspecified atom stereocenters. The van der Waals surface area contributed by atoms with Gasteiger partial charge in [0.05, 0.1) is 31.4 Å².